The second-order valence-electron chi connectivity index (χ2n) is 5.06. The van der Waals surface area contributed by atoms with Crippen molar-refractivity contribution < 1.29 is 5.11 Å². The van der Waals surface area contributed by atoms with Crippen LogP contribution in [-0.2, 0) is 5.41 Å². The molecule has 0 saturated carbocycles. The zero-order chi connectivity index (χ0) is 12.3. The standard InChI is InChI=1S/C14H18NO/c1-10(9-16)11-5-6-13(14(2,3)4)12(7-11)8-15/h5-7,16H,9H2,1-4H3. The van der Waals surface area contributed by atoms with Gasteiger partial charge in [0.15, 0.2) is 0 Å². The van der Waals surface area contributed by atoms with E-state index < -0.39 is 0 Å². The van der Waals surface area contributed by atoms with Crippen molar-refractivity contribution in [1.29, 1.82) is 5.26 Å². The van der Waals surface area contributed by atoms with Gasteiger partial charge in [-0.05, 0) is 22.6 Å². The van der Waals surface area contributed by atoms with Gasteiger partial charge in [-0.3, -0.25) is 0 Å². The third kappa shape index (κ3) is 2.62. The SMILES string of the molecule is C[C](CO)c1ccc(C(C)(C)C)c(C#N)c1. The number of nitriles is 1. The molecule has 0 bridgehead atoms. The highest BCUT2D eigenvalue weighted by atomic mass is 16.3. The van der Waals surface area contributed by atoms with Crippen LogP contribution in [0.1, 0.15) is 44.4 Å². The Morgan fingerprint density at radius 2 is 2.00 bits per heavy atom. The first kappa shape index (κ1) is 12.7. The van der Waals surface area contributed by atoms with Crippen molar-refractivity contribution in [3.63, 3.8) is 0 Å². The summed E-state index contributed by atoms with van der Waals surface area (Å²) in [7, 11) is 0. The van der Waals surface area contributed by atoms with Crippen LogP contribution >= 0.6 is 0 Å². The fraction of sp³-hybridized carbons (Fsp3) is 0.429. The number of hydrogen-bond donors (Lipinski definition) is 1. The molecule has 0 aliphatic carbocycles. The lowest BCUT2D eigenvalue weighted by atomic mass is 9.82. The molecule has 85 valence electrons. The van der Waals surface area contributed by atoms with E-state index in [0.717, 1.165) is 17.0 Å². The second kappa shape index (κ2) is 4.67. The van der Waals surface area contributed by atoms with Crippen molar-refractivity contribution in [2.45, 2.75) is 33.1 Å². The minimum atomic E-state index is -0.0310. The van der Waals surface area contributed by atoms with Gasteiger partial charge in [-0.1, -0.05) is 39.8 Å². The van der Waals surface area contributed by atoms with Crippen molar-refractivity contribution >= 4 is 0 Å². The average Bonchev–Trinajstić information content (AvgIpc) is 2.25. The fourth-order valence-electron chi connectivity index (χ4n) is 1.65. The molecular weight excluding hydrogens is 198 g/mol. The monoisotopic (exact) mass is 216 g/mol. The van der Waals surface area contributed by atoms with E-state index in [0.29, 0.717) is 5.56 Å². The lowest BCUT2D eigenvalue weighted by molar-refractivity contribution is 0.315. The summed E-state index contributed by atoms with van der Waals surface area (Å²) in [6.07, 6.45) is 0. The number of aliphatic hydroxyl groups excluding tert-OH is 1. The van der Waals surface area contributed by atoms with Gasteiger partial charge >= 0.3 is 0 Å². The Balaban J connectivity index is 3.24. The Kier molecular flexibility index (Phi) is 3.72. The van der Waals surface area contributed by atoms with Crippen LogP contribution in [-0.4, -0.2) is 11.7 Å². The maximum absolute atomic E-state index is 9.14. The van der Waals surface area contributed by atoms with Crippen molar-refractivity contribution in [1.82, 2.24) is 0 Å². The fourth-order valence-corrected chi connectivity index (χ4v) is 1.65. The molecule has 0 aliphatic heterocycles. The highest BCUT2D eigenvalue weighted by Crippen LogP contribution is 2.27. The number of aliphatic hydroxyl groups is 1. The summed E-state index contributed by atoms with van der Waals surface area (Å²) < 4.78 is 0. The molecule has 1 rings (SSSR count). The van der Waals surface area contributed by atoms with Crippen LogP contribution in [0.4, 0.5) is 0 Å². The molecule has 1 aromatic rings. The molecule has 0 fully saturated rings. The van der Waals surface area contributed by atoms with E-state index in [-0.39, 0.29) is 12.0 Å². The zero-order valence-corrected chi connectivity index (χ0v) is 10.3. The predicted molar refractivity (Wildman–Crippen MR) is 65.0 cm³/mol. The van der Waals surface area contributed by atoms with Gasteiger partial charge in [0, 0.05) is 5.92 Å². The van der Waals surface area contributed by atoms with Gasteiger partial charge < -0.3 is 5.11 Å². The summed E-state index contributed by atoms with van der Waals surface area (Å²) in [5.41, 5.74) is 2.64. The molecule has 0 saturated heterocycles. The van der Waals surface area contributed by atoms with E-state index in [1.807, 2.05) is 25.1 Å². The normalized spacial score (nSPS) is 11.6. The van der Waals surface area contributed by atoms with E-state index in [1.165, 1.54) is 0 Å². The molecule has 0 unspecified atom stereocenters. The first-order chi connectivity index (χ1) is 7.40. The number of benzene rings is 1. The highest BCUT2D eigenvalue weighted by Gasteiger charge is 2.19. The smallest absolute Gasteiger partial charge is 0.0994 e. The quantitative estimate of drug-likeness (QED) is 0.826. The van der Waals surface area contributed by atoms with Crippen LogP contribution < -0.4 is 0 Å². The van der Waals surface area contributed by atoms with E-state index in [9.17, 15) is 0 Å². The molecule has 2 nitrogen and oxygen atoms in total. The summed E-state index contributed by atoms with van der Waals surface area (Å²) in [5.74, 6) is 0.886. The molecule has 0 aliphatic rings. The van der Waals surface area contributed by atoms with E-state index in [4.69, 9.17) is 10.4 Å². The third-order valence-corrected chi connectivity index (χ3v) is 2.68. The van der Waals surface area contributed by atoms with Crippen molar-refractivity contribution in [2.75, 3.05) is 6.61 Å². The van der Waals surface area contributed by atoms with E-state index in [1.54, 1.807) is 0 Å². The molecular formula is C14H18NO. The van der Waals surface area contributed by atoms with Gasteiger partial charge in [0.2, 0.25) is 0 Å². The maximum Gasteiger partial charge on any atom is 0.0994 e. The molecule has 0 atom stereocenters. The Labute approximate surface area is 97.5 Å². The van der Waals surface area contributed by atoms with Gasteiger partial charge in [0.1, 0.15) is 0 Å². The van der Waals surface area contributed by atoms with Crippen LogP contribution in [0.2, 0.25) is 0 Å². The molecule has 1 N–H and O–H groups in total. The van der Waals surface area contributed by atoms with E-state index >= 15 is 0 Å². The van der Waals surface area contributed by atoms with Crippen molar-refractivity contribution in [3.8, 4) is 6.07 Å². The van der Waals surface area contributed by atoms with Gasteiger partial charge in [-0.25, -0.2) is 0 Å². The van der Waals surface area contributed by atoms with Crippen LogP contribution in [0.15, 0.2) is 18.2 Å². The second-order valence-corrected chi connectivity index (χ2v) is 5.06. The van der Waals surface area contributed by atoms with Crippen LogP contribution in [0, 0.1) is 17.2 Å². The topological polar surface area (TPSA) is 44.0 Å². The minimum Gasteiger partial charge on any atom is -0.395 e. The van der Waals surface area contributed by atoms with Crippen LogP contribution in [0.5, 0.6) is 0 Å². The average molecular weight is 216 g/mol. The number of hydrogen-bond acceptors (Lipinski definition) is 2. The molecule has 0 amide bonds. The minimum absolute atomic E-state index is 0.0275. The molecule has 2 heteroatoms. The Morgan fingerprint density at radius 3 is 2.44 bits per heavy atom. The van der Waals surface area contributed by atoms with Crippen LogP contribution in [0.25, 0.3) is 0 Å². The Bertz CT molecular complexity index is 410. The van der Waals surface area contributed by atoms with Crippen molar-refractivity contribution in [3.05, 3.63) is 40.8 Å². The Hall–Kier alpha value is -1.33. The predicted octanol–water partition coefficient (Wildman–Crippen LogP) is 2.79. The maximum atomic E-state index is 9.14. The lowest BCUT2D eigenvalue weighted by Gasteiger charge is -2.21. The van der Waals surface area contributed by atoms with Gasteiger partial charge in [-0.15, -0.1) is 0 Å². The summed E-state index contributed by atoms with van der Waals surface area (Å²) >= 11 is 0. The summed E-state index contributed by atoms with van der Waals surface area (Å²) in [6, 6.07) is 8.02. The lowest BCUT2D eigenvalue weighted by Crippen LogP contribution is -2.14. The third-order valence-electron chi connectivity index (χ3n) is 2.68. The largest absolute Gasteiger partial charge is 0.395 e. The molecule has 1 aromatic carbocycles. The molecule has 0 aromatic heterocycles. The van der Waals surface area contributed by atoms with E-state index in [2.05, 4.69) is 26.8 Å². The highest BCUT2D eigenvalue weighted by molar-refractivity contribution is 5.47. The molecule has 1 radical (unpaired) electrons. The van der Waals surface area contributed by atoms with Crippen LogP contribution in [0.3, 0.4) is 0 Å². The summed E-state index contributed by atoms with van der Waals surface area (Å²) in [6.45, 7) is 8.16. The molecule has 0 spiro atoms. The van der Waals surface area contributed by atoms with Gasteiger partial charge in [-0.2, -0.15) is 5.26 Å². The summed E-state index contributed by atoms with van der Waals surface area (Å²) in [4.78, 5) is 0. The first-order valence-corrected chi connectivity index (χ1v) is 5.38. The van der Waals surface area contributed by atoms with Crippen molar-refractivity contribution in [2.24, 2.45) is 0 Å². The van der Waals surface area contributed by atoms with Gasteiger partial charge in [0.25, 0.3) is 0 Å². The Morgan fingerprint density at radius 1 is 1.38 bits per heavy atom. The van der Waals surface area contributed by atoms with Gasteiger partial charge in [0.05, 0.1) is 18.2 Å². The number of rotatable bonds is 2. The number of nitrogens with zero attached hydrogens (tertiary/aromatic N) is 1. The zero-order valence-electron chi connectivity index (χ0n) is 10.3. The molecule has 16 heavy (non-hydrogen) atoms. The summed E-state index contributed by atoms with van der Waals surface area (Å²) in [5, 5.41) is 18.2. The first-order valence-electron chi connectivity index (χ1n) is 5.38. The molecule has 0 heterocycles.